The Morgan fingerprint density at radius 2 is 1.96 bits per heavy atom. The lowest BCUT2D eigenvalue weighted by Crippen LogP contribution is -2.46. The van der Waals surface area contributed by atoms with Gasteiger partial charge in [-0.3, -0.25) is 4.79 Å². The fourth-order valence-electron chi connectivity index (χ4n) is 2.68. The fraction of sp³-hybridized carbons (Fsp3) is 0.533. The highest BCUT2D eigenvalue weighted by molar-refractivity contribution is 7.86. The summed E-state index contributed by atoms with van der Waals surface area (Å²) in [5.41, 5.74) is -0.930. The van der Waals surface area contributed by atoms with Crippen LogP contribution in [-0.2, 0) is 16.4 Å². The van der Waals surface area contributed by atoms with Crippen LogP contribution in [-0.4, -0.2) is 50.0 Å². The zero-order valence-corrected chi connectivity index (χ0v) is 14.2. The van der Waals surface area contributed by atoms with Crippen molar-refractivity contribution in [3.05, 3.63) is 35.4 Å². The molecule has 0 saturated carbocycles. The Morgan fingerprint density at radius 3 is 2.54 bits per heavy atom. The standard InChI is InChI=1S/C15H19F3N2O3S/c1-19(2)24(22,23)20-8-4-6-12(10-20)14(21)11-5-3-7-13(9-11)15(16,17)18/h3,5,7,9,12H,4,6,8,10H2,1-2H3. The minimum absolute atomic E-state index is 0.0183. The highest BCUT2D eigenvalue weighted by atomic mass is 32.2. The third-order valence-electron chi connectivity index (χ3n) is 4.02. The maximum Gasteiger partial charge on any atom is 0.416 e. The van der Waals surface area contributed by atoms with E-state index in [1.165, 1.54) is 30.5 Å². The molecule has 0 aromatic heterocycles. The van der Waals surface area contributed by atoms with Crippen LogP contribution in [0.5, 0.6) is 0 Å². The SMILES string of the molecule is CN(C)S(=O)(=O)N1CCCC(C(=O)c2cccc(C(F)(F)F)c2)C1. The highest BCUT2D eigenvalue weighted by Gasteiger charge is 2.35. The van der Waals surface area contributed by atoms with Crippen LogP contribution in [0.4, 0.5) is 13.2 Å². The van der Waals surface area contributed by atoms with Crippen molar-refractivity contribution in [1.82, 2.24) is 8.61 Å². The summed E-state index contributed by atoms with van der Waals surface area (Å²) in [5.74, 6) is -1.10. The van der Waals surface area contributed by atoms with Crippen LogP contribution in [0, 0.1) is 5.92 Å². The molecule has 1 aliphatic rings. The van der Waals surface area contributed by atoms with Gasteiger partial charge >= 0.3 is 6.18 Å². The van der Waals surface area contributed by atoms with Gasteiger partial charge in [0.2, 0.25) is 0 Å². The van der Waals surface area contributed by atoms with E-state index in [1.807, 2.05) is 0 Å². The number of nitrogens with zero attached hydrogens (tertiary/aromatic N) is 2. The van der Waals surface area contributed by atoms with Gasteiger partial charge in [0.15, 0.2) is 5.78 Å². The zero-order chi connectivity index (χ0) is 18.1. The summed E-state index contributed by atoms with van der Waals surface area (Å²) in [6.07, 6.45) is -3.58. The van der Waals surface area contributed by atoms with Crippen molar-refractivity contribution in [3.63, 3.8) is 0 Å². The van der Waals surface area contributed by atoms with Gasteiger partial charge in [0.05, 0.1) is 5.56 Å². The molecule has 0 radical (unpaired) electrons. The number of rotatable bonds is 4. The van der Waals surface area contributed by atoms with Crippen molar-refractivity contribution in [3.8, 4) is 0 Å². The first kappa shape index (κ1) is 18.9. The highest BCUT2D eigenvalue weighted by Crippen LogP contribution is 2.31. The topological polar surface area (TPSA) is 57.7 Å². The molecule has 0 N–H and O–H groups in total. The Morgan fingerprint density at radius 1 is 1.29 bits per heavy atom. The van der Waals surface area contributed by atoms with Crippen molar-refractivity contribution < 1.29 is 26.4 Å². The number of carbonyl (C=O) groups excluding carboxylic acids is 1. The van der Waals surface area contributed by atoms with E-state index in [-0.39, 0.29) is 12.1 Å². The van der Waals surface area contributed by atoms with Gasteiger partial charge in [-0.2, -0.15) is 30.2 Å². The molecule has 1 unspecified atom stereocenters. The van der Waals surface area contributed by atoms with Crippen molar-refractivity contribution >= 4 is 16.0 Å². The number of carbonyl (C=O) groups is 1. The normalized spacial score (nSPS) is 20.3. The molecule has 1 heterocycles. The van der Waals surface area contributed by atoms with Gasteiger partial charge in [-0.15, -0.1) is 0 Å². The molecule has 2 rings (SSSR count). The van der Waals surface area contributed by atoms with E-state index in [4.69, 9.17) is 0 Å². The van der Waals surface area contributed by atoms with E-state index in [1.54, 1.807) is 0 Å². The van der Waals surface area contributed by atoms with Crippen molar-refractivity contribution in [2.45, 2.75) is 19.0 Å². The average Bonchev–Trinajstić information content (AvgIpc) is 2.53. The minimum atomic E-state index is -4.52. The van der Waals surface area contributed by atoms with E-state index in [0.717, 1.165) is 16.4 Å². The van der Waals surface area contributed by atoms with Crippen LogP contribution in [0.2, 0.25) is 0 Å². The Labute approximate surface area is 139 Å². The fourth-order valence-corrected chi connectivity index (χ4v) is 3.87. The zero-order valence-electron chi connectivity index (χ0n) is 13.4. The van der Waals surface area contributed by atoms with Crippen LogP contribution < -0.4 is 0 Å². The van der Waals surface area contributed by atoms with Crippen LogP contribution in [0.25, 0.3) is 0 Å². The van der Waals surface area contributed by atoms with Gasteiger partial charge in [-0.25, -0.2) is 0 Å². The molecule has 0 spiro atoms. The summed E-state index contributed by atoms with van der Waals surface area (Å²) in [6, 6.07) is 4.24. The molecule has 1 saturated heterocycles. The minimum Gasteiger partial charge on any atom is -0.294 e. The Kier molecular flexibility index (Phi) is 5.36. The number of hydrogen-bond acceptors (Lipinski definition) is 3. The molecule has 1 aromatic carbocycles. The number of halogens is 3. The molecule has 1 aromatic rings. The molecule has 0 aliphatic carbocycles. The molecule has 1 atom stereocenters. The molecular formula is C15H19F3N2O3S. The third-order valence-corrected chi connectivity index (χ3v) is 5.92. The summed E-state index contributed by atoms with van der Waals surface area (Å²) in [5, 5.41) is 0. The van der Waals surface area contributed by atoms with Crippen LogP contribution in [0.15, 0.2) is 24.3 Å². The van der Waals surface area contributed by atoms with Crippen molar-refractivity contribution in [2.24, 2.45) is 5.92 Å². The quantitative estimate of drug-likeness (QED) is 0.771. The number of hydrogen-bond donors (Lipinski definition) is 0. The van der Waals surface area contributed by atoms with Gasteiger partial charge in [-0.05, 0) is 25.0 Å². The van der Waals surface area contributed by atoms with Gasteiger partial charge < -0.3 is 0 Å². The largest absolute Gasteiger partial charge is 0.416 e. The van der Waals surface area contributed by atoms with Crippen LogP contribution >= 0.6 is 0 Å². The molecule has 9 heteroatoms. The number of Topliss-reactive ketones (excluding diaryl/α,β-unsaturated/α-hetero) is 1. The molecular weight excluding hydrogens is 345 g/mol. The summed E-state index contributed by atoms with van der Waals surface area (Å²) in [4.78, 5) is 12.5. The first-order chi connectivity index (χ1) is 11.0. The summed E-state index contributed by atoms with van der Waals surface area (Å²) < 4.78 is 64.9. The molecule has 5 nitrogen and oxygen atoms in total. The lowest BCUT2D eigenvalue weighted by atomic mass is 9.90. The van der Waals surface area contributed by atoms with E-state index in [2.05, 4.69) is 0 Å². The summed E-state index contributed by atoms with van der Waals surface area (Å²) in [7, 11) is -0.853. The van der Waals surface area contributed by atoms with Gasteiger partial charge in [-0.1, -0.05) is 12.1 Å². The molecule has 1 aliphatic heterocycles. The lowest BCUT2D eigenvalue weighted by molar-refractivity contribution is -0.137. The molecule has 134 valence electrons. The maximum absolute atomic E-state index is 12.8. The number of alkyl halides is 3. The molecule has 0 amide bonds. The monoisotopic (exact) mass is 364 g/mol. The van der Waals surface area contributed by atoms with Gasteiger partial charge in [0.25, 0.3) is 10.2 Å². The second kappa shape index (κ2) is 6.81. The number of piperidine rings is 1. The van der Waals surface area contributed by atoms with E-state index < -0.39 is 33.7 Å². The molecule has 0 bridgehead atoms. The maximum atomic E-state index is 12.8. The van der Waals surface area contributed by atoms with Crippen LogP contribution in [0.3, 0.4) is 0 Å². The predicted octanol–water partition coefficient (Wildman–Crippen LogP) is 2.41. The van der Waals surface area contributed by atoms with Crippen molar-refractivity contribution in [1.29, 1.82) is 0 Å². The second-order valence-corrected chi connectivity index (χ2v) is 8.07. The molecule has 24 heavy (non-hydrogen) atoms. The van der Waals surface area contributed by atoms with E-state index in [0.29, 0.717) is 19.4 Å². The Hall–Kier alpha value is -1.45. The Balaban J connectivity index is 2.21. The first-order valence-corrected chi connectivity index (χ1v) is 8.82. The third kappa shape index (κ3) is 3.96. The van der Waals surface area contributed by atoms with E-state index in [9.17, 15) is 26.4 Å². The average molecular weight is 364 g/mol. The smallest absolute Gasteiger partial charge is 0.294 e. The summed E-state index contributed by atoms with van der Waals surface area (Å²) >= 11 is 0. The first-order valence-electron chi connectivity index (χ1n) is 7.42. The number of benzene rings is 1. The Bertz CT molecular complexity index is 717. The lowest BCUT2D eigenvalue weighted by Gasteiger charge is -2.32. The second-order valence-electron chi connectivity index (χ2n) is 5.93. The van der Waals surface area contributed by atoms with E-state index >= 15 is 0 Å². The number of ketones is 1. The molecule has 1 fully saturated rings. The summed E-state index contributed by atoms with van der Waals surface area (Å²) in [6.45, 7) is 0.280. The van der Waals surface area contributed by atoms with Gasteiger partial charge in [0, 0.05) is 38.7 Å². The van der Waals surface area contributed by atoms with Gasteiger partial charge in [0.1, 0.15) is 0 Å². The van der Waals surface area contributed by atoms with Crippen molar-refractivity contribution in [2.75, 3.05) is 27.2 Å². The van der Waals surface area contributed by atoms with Crippen LogP contribution in [0.1, 0.15) is 28.8 Å². The predicted molar refractivity (Wildman–Crippen MR) is 82.7 cm³/mol.